The molecule has 2 amide bonds. The van der Waals surface area contributed by atoms with Crippen LogP contribution < -0.4 is 5.32 Å². The van der Waals surface area contributed by atoms with Crippen LogP contribution in [0.1, 0.15) is 39.0 Å². The van der Waals surface area contributed by atoms with Crippen LogP contribution in [0.2, 0.25) is 0 Å². The van der Waals surface area contributed by atoms with Crippen molar-refractivity contribution in [3.05, 3.63) is 0 Å². The highest BCUT2D eigenvalue weighted by Gasteiger charge is 2.51. The lowest BCUT2D eigenvalue weighted by atomic mass is 9.92. The maximum atomic E-state index is 12.9. The summed E-state index contributed by atoms with van der Waals surface area (Å²) in [5, 5.41) is 3.00. The van der Waals surface area contributed by atoms with E-state index in [1.54, 1.807) is 0 Å². The van der Waals surface area contributed by atoms with Crippen LogP contribution in [-0.4, -0.2) is 60.4 Å². The molecule has 5 heteroatoms. The molecule has 2 aliphatic heterocycles. The molecule has 0 aromatic heterocycles. The molecule has 2 heterocycles. The second-order valence-electron chi connectivity index (χ2n) is 7.27. The first-order valence-electron chi connectivity index (χ1n) is 8.28. The zero-order valence-corrected chi connectivity index (χ0v) is 13.2. The summed E-state index contributed by atoms with van der Waals surface area (Å²) in [7, 11) is 2.15. The molecule has 1 saturated carbocycles. The predicted octanol–water partition coefficient (Wildman–Crippen LogP) is 0.845. The summed E-state index contributed by atoms with van der Waals surface area (Å²) in [6, 6.07) is 0. The number of hydrogen-bond donors (Lipinski definition) is 1. The minimum absolute atomic E-state index is 0.0311. The fraction of sp³-hybridized carbons (Fsp3) is 0.875. The molecule has 0 spiro atoms. The average molecular weight is 293 g/mol. The molecular weight excluding hydrogens is 266 g/mol. The Bertz CT molecular complexity index is 427. The zero-order valence-electron chi connectivity index (χ0n) is 13.2. The third-order valence-electron chi connectivity index (χ3n) is 5.45. The summed E-state index contributed by atoms with van der Waals surface area (Å²) in [6.45, 7) is 5.56. The van der Waals surface area contributed by atoms with Gasteiger partial charge < -0.3 is 15.1 Å². The van der Waals surface area contributed by atoms with E-state index in [1.807, 2.05) is 11.8 Å². The zero-order chi connectivity index (χ0) is 15.0. The van der Waals surface area contributed by atoms with E-state index in [9.17, 15) is 9.59 Å². The number of likely N-dealkylation sites (tertiary alicyclic amines) is 1. The number of piperidine rings is 1. The second kappa shape index (κ2) is 5.59. The van der Waals surface area contributed by atoms with Crippen molar-refractivity contribution < 1.29 is 9.59 Å². The fourth-order valence-corrected chi connectivity index (χ4v) is 3.74. The number of carbonyl (C=O) groups excluding carboxylic acids is 2. The highest BCUT2D eigenvalue weighted by molar-refractivity contribution is 5.93. The highest BCUT2D eigenvalue weighted by Crippen LogP contribution is 2.41. The number of hydrogen-bond acceptors (Lipinski definition) is 3. The van der Waals surface area contributed by atoms with E-state index in [4.69, 9.17) is 0 Å². The first-order chi connectivity index (χ1) is 9.99. The van der Waals surface area contributed by atoms with Gasteiger partial charge >= 0.3 is 0 Å². The van der Waals surface area contributed by atoms with Gasteiger partial charge in [-0.15, -0.1) is 0 Å². The van der Waals surface area contributed by atoms with Gasteiger partial charge in [0.15, 0.2) is 0 Å². The molecule has 0 bridgehead atoms. The summed E-state index contributed by atoms with van der Waals surface area (Å²) in [5.74, 6) is 1.10. The normalized spacial score (nSPS) is 33.0. The Labute approximate surface area is 127 Å². The maximum absolute atomic E-state index is 12.9. The molecule has 3 aliphatic rings. The molecular formula is C16H27N3O2. The van der Waals surface area contributed by atoms with Crippen LogP contribution in [-0.2, 0) is 9.59 Å². The molecule has 2 saturated heterocycles. The van der Waals surface area contributed by atoms with Gasteiger partial charge in [-0.2, -0.15) is 0 Å². The van der Waals surface area contributed by atoms with Gasteiger partial charge in [-0.05, 0) is 64.6 Å². The summed E-state index contributed by atoms with van der Waals surface area (Å²) in [6.07, 6.45) is 4.87. The van der Waals surface area contributed by atoms with Crippen molar-refractivity contribution in [3.63, 3.8) is 0 Å². The maximum Gasteiger partial charge on any atom is 0.248 e. The van der Waals surface area contributed by atoms with Crippen LogP contribution in [0.15, 0.2) is 0 Å². The Morgan fingerprint density at radius 2 is 1.81 bits per heavy atom. The molecule has 1 atom stereocenters. The highest BCUT2D eigenvalue weighted by atomic mass is 16.2. The molecule has 0 aromatic rings. The SMILES string of the molecule is CN1CCC(CN2CCC(=O)NC(C)(C3CC3)C2=O)CC1. The van der Waals surface area contributed by atoms with Crippen molar-refractivity contribution in [2.45, 2.75) is 44.6 Å². The van der Waals surface area contributed by atoms with Crippen LogP contribution in [0.5, 0.6) is 0 Å². The minimum atomic E-state index is -0.654. The van der Waals surface area contributed by atoms with E-state index < -0.39 is 5.54 Å². The van der Waals surface area contributed by atoms with Gasteiger partial charge in [0.05, 0.1) is 0 Å². The predicted molar refractivity (Wildman–Crippen MR) is 80.7 cm³/mol. The van der Waals surface area contributed by atoms with Crippen LogP contribution in [0.25, 0.3) is 0 Å². The van der Waals surface area contributed by atoms with E-state index in [-0.39, 0.29) is 11.8 Å². The lowest BCUT2D eigenvalue weighted by Gasteiger charge is -2.36. The number of nitrogens with zero attached hydrogens (tertiary/aromatic N) is 2. The van der Waals surface area contributed by atoms with Gasteiger partial charge in [0.2, 0.25) is 11.8 Å². The molecule has 3 rings (SSSR count). The lowest BCUT2D eigenvalue weighted by molar-refractivity contribution is -0.139. The third-order valence-corrected chi connectivity index (χ3v) is 5.45. The Morgan fingerprint density at radius 3 is 2.43 bits per heavy atom. The second-order valence-corrected chi connectivity index (χ2v) is 7.27. The van der Waals surface area contributed by atoms with E-state index in [2.05, 4.69) is 17.3 Å². The quantitative estimate of drug-likeness (QED) is 0.839. The van der Waals surface area contributed by atoms with Gasteiger partial charge in [-0.1, -0.05) is 0 Å². The number of amides is 2. The summed E-state index contributed by atoms with van der Waals surface area (Å²) in [5.41, 5.74) is -0.654. The van der Waals surface area contributed by atoms with Gasteiger partial charge in [-0.3, -0.25) is 9.59 Å². The third kappa shape index (κ3) is 3.07. The summed E-state index contributed by atoms with van der Waals surface area (Å²) >= 11 is 0. The number of carbonyl (C=O) groups is 2. The van der Waals surface area contributed by atoms with E-state index in [0.717, 1.165) is 45.3 Å². The minimum Gasteiger partial charge on any atom is -0.342 e. The van der Waals surface area contributed by atoms with Crippen molar-refractivity contribution in [2.75, 3.05) is 33.2 Å². The van der Waals surface area contributed by atoms with Crippen LogP contribution in [0, 0.1) is 11.8 Å². The molecule has 3 fully saturated rings. The smallest absolute Gasteiger partial charge is 0.248 e. The standard InChI is InChI=1S/C16H27N3O2/c1-16(13-3-4-13)15(21)19(10-7-14(20)17-16)11-12-5-8-18(2)9-6-12/h12-13H,3-11H2,1-2H3,(H,17,20). The van der Waals surface area contributed by atoms with Crippen molar-refractivity contribution in [2.24, 2.45) is 11.8 Å². The van der Waals surface area contributed by atoms with Crippen molar-refractivity contribution in [1.82, 2.24) is 15.1 Å². The monoisotopic (exact) mass is 293 g/mol. The molecule has 1 unspecified atom stereocenters. The average Bonchev–Trinajstić information content (AvgIpc) is 3.29. The van der Waals surface area contributed by atoms with Crippen LogP contribution in [0.4, 0.5) is 0 Å². The molecule has 1 N–H and O–H groups in total. The van der Waals surface area contributed by atoms with E-state index in [0.29, 0.717) is 24.8 Å². The Kier molecular flexibility index (Phi) is 3.95. The van der Waals surface area contributed by atoms with Gasteiger partial charge in [-0.25, -0.2) is 0 Å². The Balaban J connectivity index is 1.68. The molecule has 0 aromatic carbocycles. The van der Waals surface area contributed by atoms with E-state index in [1.165, 1.54) is 0 Å². The van der Waals surface area contributed by atoms with Gasteiger partial charge in [0.25, 0.3) is 0 Å². The molecule has 0 radical (unpaired) electrons. The number of rotatable bonds is 3. The largest absolute Gasteiger partial charge is 0.342 e. The van der Waals surface area contributed by atoms with Crippen LogP contribution in [0.3, 0.4) is 0 Å². The van der Waals surface area contributed by atoms with Gasteiger partial charge in [0, 0.05) is 19.5 Å². The summed E-state index contributed by atoms with van der Waals surface area (Å²) < 4.78 is 0. The molecule has 5 nitrogen and oxygen atoms in total. The molecule has 118 valence electrons. The number of nitrogens with one attached hydrogen (secondary N) is 1. The van der Waals surface area contributed by atoms with Crippen molar-refractivity contribution in [3.8, 4) is 0 Å². The van der Waals surface area contributed by atoms with Crippen LogP contribution >= 0.6 is 0 Å². The first kappa shape index (κ1) is 14.8. The van der Waals surface area contributed by atoms with Crippen molar-refractivity contribution >= 4 is 11.8 Å². The molecule has 21 heavy (non-hydrogen) atoms. The lowest BCUT2D eigenvalue weighted by Crippen LogP contribution is -2.57. The summed E-state index contributed by atoms with van der Waals surface area (Å²) in [4.78, 5) is 29.2. The molecule has 1 aliphatic carbocycles. The Hall–Kier alpha value is -1.10. The topological polar surface area (TPSA) is 52.6 Å². The van der Waals surface area contributed by atoms with Crippen molar-refractivity contribution in [1.29, 1.82) is 0 Å². The fourth-order valence-electron chi connectivity index (χ4n) is 3.74. The Morgan fingerprint density at radius 1 is 1.14 bits per heavy atom. The van der Waals surface area contributed by atoms with E-state index >= 15 is 0 Å². The van der Waals surface area contributed by atoms with Gasteiger partial charge in [0.1, 0.15) is 5.54 Å². The first-order valence-corrected chi connectivity index (χ1v) is 8.28.